The monoisotopic (exact) mass is 368 g/mol. The fourth-order valence-electron chi connectivity index (χ4n) is 3.21. The van der Waals surface area contributed by atoms with Crippen molar-refractivity contribution in [2.45, 2.75) is 40.0 Å². The third kappa shape index (κ3) is 7.51. The van der Waals surface area contributed by atoms with Gasteiger partial charge in [0.2, 0.25) is 0 Å². The number of hydrogen-bond donors (Lipinski definition) is 1. The molecule has 1 saturated heterocycles. The average molecular weight is 369 g/mol. The summed E-state index contributed by atoms with van der Waals surface area (Å²) in [5.41, 5.74) is 5.66. The van der Waals surface area contributed by atoms with Crippen molar-refractivity contribution in [2.24, 2.45) is 9.98 Å². The first-order valence-corrected chi connectivity index (χ1v) is 9.71. The quantitative estimate of drug-likeness (QED) is 0.473. The van der Waals surface area contributed by atoms with Crippen molar-refractivity contribution in [3.8, 4) is 0 Å². The summed E-state index contributed by atoms with van der Waals surface area (Å²) < 4.78 is 0. The minimum atomic E-state index is 0.722. The molecule has 4 heteroatoms. The van der Waals surface area contributed by atoms with Gasteiger partial charge >= 0.3 is 0 Å². The number of piperidine rings is 1. The number of aliphatic imine (C=N–C) groups is 2. The number of rotatable bonds is 9. The van der Waals surface area contributed by atoms with Crippen LogP contribution < -0.4 is 5.32 Å². The van der Waals surface area contributed by atoms with Crippen LogP contribution in [0, 0.1) is 0 Å². The van der Waals surface area contributed by atoms with Crippen LogP contribution in [0.2, 0.25) is 0 Å². The molecule has 1 heterocycles. The van der Waals surface area contributed by atoms with Gasteiger partial charge < -0.3 is 5.32 Å². The summed E-state index contributed by atoms with van der Waals surface area (Å²) >= 11 is 0. The van der Waals surface area contributed by atoms with Crippen molar-refractivity contribution in [2.75, 3.05) is 33.7 Å². The van der Waals surface area contributed by atoms with Crippen LogP contribution in [-0.2, 0) is 0 Å². The molecule has 1 N–H and O–H groups in total. The molecule has 0 aliphatic carbocycles. The molecular weight excluding hydrogens is 332 g/mol. The summed E-state index contributed by atoms with van der Waals surface area (Å²) in [5, 5.41) is 3.05. The van der Waals surface area contributed by atoms with Gasteiger partial charge in [-0.25, -0.2) is 4.99 Å². The summed E-state index contributed by atoms with van der Waals surface area (Å²) in [6.45, 7) is 17.4. The van der Waals surface area contributed by atoms with Crippen molar-refractivity contribution < 1.29 is 0 Å². The zero-order valence-corrected chi connectivity index (χ0v) is 17.8. The molecule has 0 spiro atoms. The smallest absolute Gasteiger partial charge is 0.125 e. The molecule has 1 aliphatic rings. The third-order valence-corrected chi connectivity index (χ3v) is 4.77. The molecule has 0 aromatic heterocycles. The Balaban J connectivity index is 3.28. The van der Waals surface area contributed by atoms with Crippen molar-refractivity contribution in [1.29, 1.82) is 0 Å². The van der Waals surface area contributed by atoms with E-state index in [9.17, 15) is 0 Å². The number of nitrogens with zero attached hydrogens (tertiary/aromatic N) is 3. The van der Waals surface area contributed by atoms with E-state index in [2.05, 4.69) is 59.5 Å². The lowest BCUT2D eigenvalue weighted by molar-refractivity contribution is 0.246. The molecule has 27 heavy (non-hydrogen) atoms. The Bertz CT molecular complexity index is 668. The van der Waals surface area contributed by atoms with Crippen LogP contribution in [0.25, 0.3) is 0 Å². The van der Waals surface area contributed by atoms with Crippen molar-refractivity contribution >= 4 is 12.9 Å². The van der Waals surface area contributed by atoms with Crippen LogP contribution in [0.1, 0.15) is 40.0 Å². The molecule has 0 radical (unpaired) electrons. The highest BCUT2D eigenvalue weighted by Gasteiger charge is 2.13. The number of allylic oxidation sites excluding steroid dienone is 7. The highest BCUT2D eigenvalue weighted by atomic mass is 15.1. The summed E-state index contributed by atoms with van der Waals surface area (Å²) in [5.74, 6) is 0.722. The Morgan fingerprint density at radius 3 is 2.26 bits per heavy atom. The molecule has 0 atom stereocenters. The van der Waals surface area contributed by atoms with E-state index in [1.54, 1.807) is 0 Å². The summed E-state index contributed by atoms with van der Waals surface area (Å²) in [7, 11) is 3.66. The van der Waals surface area contributed by atoms with E-state index in [0.717, 1.165) is 29.1 Å². The van der Waals surface area contributed by atoms with E-state index >= 15 is 0 Å². The summed E-state index contributed by atoms with van der Waals surface area (Å²) in [6.07, 6.45) is 12.2. The van der Waals surface area contributed by atoms with Crippen LogP contribution in [0.5, 0.6) is 0 Å². The van der Waals surface area contributed by atoms with E-state index in [4.69, 9.17) is 0 Å². The summed E-state index contributed by atoms with van der Waals surface area (Å²) in [4.78, 5) is 10.9. The minimum Gasteiger partial charge on any atom is -0.373 e. The van der Waals surface area contributed by atoms with Gasteiger partial charge in [0.1, 0.15) is 5.82 Å². The van der Waals surface area contributed by atoms with Crippen LogP contribution in [0.3, 0.4) is 0 Å². The molecule has 0 aromatic rings. The highest BCUT2D eigenvalue weighted by Crippen LogP contribution is 2.22. The van der Waals surface area contributed by atoms with Gasteiger partial charge in [-0.2, -0.15) is 0 Å². The number of hydrogen-bond acceptors (Lipinski definition) is 4. The van der Waals surface area contributed by atoms with Crippen molar-refractivity contribution in [3.05, 3.63) is 58.5 Å². The first kappa shape index (κ1) is 22.8. The molecular formula is C23H36N4. The SMILES string of the molecule is C=N\C(=C/C(=C/C(=C\C)C(/C=N\C)=C(C)CN1CCCCC1)C(=C)C)NC. The van der Waals surface area contributed by atoms with Gasteiger partial charge in [-0.3, -0.25) is 9.89 Å². The van der Waals surface area contributed by atoms with Crippen LogP contribution >= 0.6 is 0 Å². The lowest BCUT2D eigenvalue weighted by atomic mass is 9.96. The zero-order chi connectivity index (χ0) is 20.2. The standard InChI is InChI=1S/C23H36N4/c1-8-20(14-21(18(2)3)15-23(25-6)26-7)22(16-24-5)19(4)17-27-12-10-9-11-13-27/h8,14-16,26H,2,6,9-13,17H2,1,3-5,7H3/b20-8+,21-14-,22-19?,23-15+,24-16-. The van der Waals surface area contributed by atoms with Crippen molar-refractivity contribution in [3.63, 3.8) is 0 Å². The van der Waals surface area contributed by atoms with Gasteiger partial charge in [-0.1, -0.05) is 24.6 Å². The van der Waals surface area contributed by atoms with E-state index in [1.807, 2.05) is 33.3 Å². The second kappa shape index (κ2) is 12.2. The van der Waals surface area contributed by atoms with E-state index in [-0.39, 0.29) is 0 Å². The minimum absolute atomic E-state index is 0.722. The summed E-state index contributed by atoms with van der Waals surface area (Å²) in [6, 6.07) is 0. The predicted octanol–water partition coefficient (Wildman–Crippen LogP) is 4.70. The predicted molar refractivity (Wildman–Crippen MR) is 121 cm³/mol. The van der Waals surface area contributed by atoms with Crippen LogP contribution in [-0.4, -0.2) is 51.6 Å². The van der Waals surface area contributed by atoms with Gasteiger partial charge in [-0.15, -0.1) is 0 Å². The molecule has 148 valence electrons. The molecule has 0 unspecified atom stereocenters. The first-order valence-electron chi connectivity index (χ1n) is 9.71. The van der Waals surface area contributed by atoms with Gasteiger partial charge in [0.15, 0.2) is 0 Å². The maximum absolute atomic E-state index is 4.31. The molecule has 1 fully saturated rings. The Labute approximate surface area is 165 Å². The van der Waals surface area contributed by atoms with E-state index in [0.29, 0.717) is 0 Å². The molecule has 0 amide bonds. The third-order valence-electron chi connectivity index (χ3n) is 4.77. The van der Waals surface area contributed by atoms with E-state index in [1.165, 1.54) is 43.5 Å². The second-order valence-corrected chi connectivity index (χ2v) is 6.98. The Kier molecular flexibility index (Phi) is 10.3. The lowest BCUT2D eigenvalue weighted by Crippen LogP contribution is -2.31. The number of likely N-dealkylation sites (tertiary alicyclic amines) is 1. The number of nitrogens with one attached hydrogen (secondary N) is 1. The molecule has 1 rings (SSSR count). The fourth-order valence-corrected chi connectivity index (χ4v) is 3.21. The maximum atomic E-state index is 4.31. The van der Waals surface area contributed by atoms with E-state index < -0.39 is 0 Å². The Morgan fingerprint density at radius 1 is 1.11 bits per heavy atom. The van der Waals surface area contributed by atoms with Gasteiger partial charge in [-0.05, 0) is 87.9 Å². The van der Waals surface area contributed by atoms with Crippen LogP contribution in [0.4, 0.5) is 0 Å². The molecule has 4 nitrogen and oxygen atoms in total. The van der Waals surface area contributed by atoms with Gasteiger partial charge in [0, 0.05) is 26.9 Å². The largest absolute Gasteiger partial charge is 0.373 e. The topological polar surface area (TPSA) is 40.0 Å². The van der Waals surface area contributed by atoms with Gasteiger partial charge in [0.05, 0.1) is 0 Å². The Morgan fingerprint density at radius 2 is 1.78 bits per heavy atom. The Hall–Kier alpha value is -2.20. The second-order valence-electron chi connectivity index (χ2n) is 6.98. The lowest BCUT2D eigenvalue weighted by Gasteiger charge is -2.27. The molecule has 0 bridgehead atoms. The van der Waals surface area contributed by atoms with Gasteiger partial charge in [0.25, 0.3) is 0 Å². The fraction of sp³-hybridized carbons (Fsp3) is 0.478. The molecule has 1 aliphatic heterocycles. The van der Waals surface area contributed by atoms with Crippen molar-refractivity contribution in [1.82, 2.24) is 10.2 Å². The maximum Gasteiger partial charge on any atom is 0.125 e. The highest BCUT2D eigenvalue weighted by molar-refractivity contribution is 5.87. The molecule has 0 aromatic carbocycles. The zero-order valence-electron chi connectivity index (χ0n) is 17.8. The average Bonchev–Trinajstić information content (AvgIpc) is 2.67. The normalized spacial score (nSPS) is 18.5. The molecule has 0 saturated carbocycles. The van der Waals surface area contributed by atoms with Crippen LogP contribution in [0.15, 0.2) is 68.5 Å². The first-order chi connectivity index (χ1) is 13.0.